The number of hydrogen-bond acceptors (Lipinski definition) is 2. The van der Waals surface area contributed by atoms with Crippen LogP contribution in [0.25, 0.3) is 0 Å². The van der Waals surface area contributed by atoms with Gasteiger partial charge in [-0.3, -0.25) is 0 Å². The zero-order valence-electron chi connectivity index (χ0n) is 8.51. The molecule has 5 heteroatoms. The van der Waals surface area contributed by atoms with Crippen molar-refractivity contribution in [3.8, 4) is 11.8 Å². The van der Waals surface area contributed by atoms with Gasteiger partial charge in [0.05, 0.1) is 11.6 Å². The quantitative estimate of drug-likeness (QED) is 0.777. The Morgan fingerprint density at radius 1 is 1.44 bits per heavy atom. The highest BCUT2D eigenvalue weighted by molar-refractivity contribution is 5.44. The van der Waals surface area contributed by atoms with Gasteiger partial charge in [0.1, 0.15) is 5.75 Å². The molecule has 16 heavy (non-hydrogen) atoms. The number of rotatable bonds is 2. The standard InChI is InChI=1S/C11H9F3NO/c1-7(2)9-5-8(6-15)3-4-10(9)16-11(12,13)14/h3-5,7H,1H2,2H3. The lowest BCUT2D eigenvalue weighted by molar-refractivity contribution is -0.274. The summed E-state index contributed by atoms with van der Waals surface area (Å²) in [4.78, 5) is 0. The molecule has 0 aliphatic rings. The molecule has 0 aliphatic heterocycles. The second-order valence-corrected chi connectivity index (χ2v) is 3.31. The number of nitriles is 1. The molecule has 0 aromatic heterocycles. The maximum Gasteiger partial charge on any atom is 0.573 e. The molecule has 1 rings (SSSR count). The molecule has 0 fully saturated rings. The van der Waals surface area contributed by atoms with Gasteiger partial charge in [0.25, 0.3) is 0 Å². The third-order valence-corrected chi connectivity index (χ3v) is 1.90. The van der Waals surface area contributed by atoms with Crippen molar-refractivity contribution in [1.82, 2.24) is 0 Å². The predicted octanol–water partition coefficient (Wildman–Crippen LogP) is 3.39. The molecule has 85 valence electrons. The number of benzene rings is 1. The zero-order chi connectivity index (χ0) is 12.3. The van der Waals surface area contributed by atoms with E-state index in [4.69, 9.17) is 5.26 Å². The van der Waals surface area contributed by atoms with Crippen LogP contribution in [-0.4, -0.2) is 6.36 Å². The molecule has 0 heterocycles. The topological polar surface area (TPSA) is 33.0 Å². The lowest BCUT2D eigenvalue weighted by atomic mass is 10.00. The molecule has 1 aromatic rings. The second-order valence-electron chi connectivity index (χ2n) is 3.31. The average Bonchev–Trinajstić information content (AvgIpc) is 2.15. The largest absolute Gasteiger partial charge is 0.573 e. The van der Waals surface area contributed by atoms with Crippen LogP contribution in [0.1, 0.15) is 24.0 Å². The summed E-state index contributed by atoms with van der Waals surface area (Å²) in [5.41, 5.74) is 0.538. The van der Waals surface area contributed by atoms with Crippen LogP contribution in [0.5, 0.6) is 5.75 Å². The van der Waals surface area contributed by atoms with Crippen molar-refractivity contribution >= 4 is 0 Å². The lowest BCUT2D eigenvalue weighted by Gasteiger charge is -2.15. The normalized spacial score (nSPS) is 11.3. The maximum absolute atomic E-state index is 12.1. The van der Waals surface area contributed by atoms with Crippen LogP contribution in [0, 0.1) is 18.3 Å². The fraction of sp³-hybridized carbons (Fsp3) is 0.273. The van der Waals surface area contributed by atoms with Crippen LogP contribution in [0.2, 0.25) is 0 Å². The first-order valence-electron chi connectivity index (χ1n) is 4.46. The van der Waals surface area contributed by atoms with Gasteiger partial charge in [-0.1, -0.05) is 6.92 Å². The van der Waals surface area contributed by atoms with E-state index >= 15 is 0 Å². The molecule has 1 atom stereocenters. The molecule has 0 aliphatic carbocycles. The van der Waals surface area contributed by atoms with Crippen LogP contribution in [0.3, 0.4) is 0 Å². The van der Waals surface area contributed by atoms with Crippen molar-refractivity contribution in [2.45, 2.75) is 19.2 Å². The Labute approximate surface area is 91.3 Å². The summed E-state index contributed by atoms with van der Waals surface area (Å²) in [6.07, 6.45) is -4.74. The van der Waals surface area contributed by atoms with Crippen LogP contribution in [0.4, 0.5) is 13.2 Å². The molecule has 0 amide bonds. The average molecular weight is 228 g/mol. The third kappa shape index (κ3) is 3.16. The first kappa shape index (κ1) is 12.4. The highest BCUT2D eigenvalue weighted by Gasteiger charge is 2.32. The highest BCUT2D eigenvalue weighted by Crippen LogP contribution is 2.31. The minimum atomic E-state index is -4.74. The summed E-state index contributed by atoms with van der Waals surface area (Å²) in [5, 5.41) is 8.63. The van der Waals surface area contributed by atoms with E-state index in [0.29, 0.717) is 0 Å². The summed E-state index contributed by atoms with van der Waals surface area (Å²) < 4.78 is 40.0. The van der Waals surface area contributed by atoms with Crippen molar-refractivity contribution in [2.24, 2.45) is 0 Å². The zero-order valence-corrected chi connectivity index (χ0v) is 8.51. The van der Waals surface area contributed by atoms with Gasteiger partial charge in [-0.2, -0.15) is 5.26 Å². The highest BCUT2D eigenvalue weighted by atomic mass is 19.4. The number of hydrogen-bond donors (Lipinski definition) is 0. The van der Waals surface area contributed by atoms with Gasteiger partial charge in [-0.05, 0) is 36.6 Å². The van der Waals surface area contributed by atoms with Gasteiger partial charge in [-0.25, -0.2) is 0 Å². The molecule has 2 nitrogen and oxygen atoms in total. The van der Waals surface area contributed by atoms with Crippen LogP contribution in [-0.2, 0) is 0 Å². The van der Waals surface area contributed by atoms with E-state index in [0.717, 1.165) is 6.07 Å². The van der Waals surface area contributed by atoms with Crippen molar-refractivity contribution in [3.63, 3.8) is 0 Å². The van der Waals surface area contributed by atoms with Crippen LogP contribution in [0.15, 0.2) is 18.2 Å². The van der Waals surface area contributed by atoms with Gasteiger partial charge in [0, 0.05) is 0 Å². The fourth-order valence-electron chi connectivity index (χ4n) is 1.22. The minimum Gasteiger partial charge on any atom is -0.405 e. The SMILES string of the molecule is [CH2]C(C)c1cc(C#N)ccc1OC(F)(F)F. The summed E-state index contributed by atoms with van der Waals surface area (Å²) in [7, 11) is 0. The Morgan fingerprint density at radius 3 is 2.50 bits per heavy atom. The molecule has 0 spiro atoms. The molecular formula is C11H9F3NO. The van der Waals surface area contributed by atoms with Crippen molar-refractivity contribution in [2.75, 3.05) is 0 Å². The van der Waals surface area contributed by atoms with Crippen molar-refractivity contribution in [1.29, 1.82) is 5.26 Å². The first-order chi connectivity index (χ1) is 7.33. The van der Waals surface area contributed by atoms with E-state index in [1.807, 2.05) is 6.07 Å². The van der Waals surface area contributed by atoms with Gasteiger partial charge in [0.2, 0.25) is 0 Å². The van der Waals surface area contributed by atoms with Crippen molar-refractivity contribution in [3.05, 3.63) is 36.2 Å². The molecule has 1 aromatic carbocycles. The van der Waals surface area contributed by atoms with Gasteiger partial charge >= 0.3 is 6.36 Å². The molecule has 0 saturated heterocycles. The van der Waals surface area contributed by atoms with E-state index < -0.39 is 12.3 Å². The Kier molecular flexibility index (Phi) is 3.43. The molecule has 0 bridgehead atoms. The van der Waals surface area contributed by atoms with Gasteiger partial charge in [-0.15, -0.1) is 13.2 Å². The maximum atomic E-state index is 12.1. The van der Waals surface area contributed by atoms with E-state index in [1.54, 1.807) is 6.92 Å². The Morgan fingerprint density at radius 2 is 2.06 bits per heavy atom. The minimum absolute atomic E-state index is 0.261. The molecule has 0 N–H and O–H groups in total. The summed E-state index contributed by atoms with van der Waals surface area (Å²) in [6.45, 7) is 5.24. The first-order valence-corrected chi connectivity index (χ1v) is 4.46. The van der Waals surface area contributed by atoms with E-state index in [2.05, 4.69) is 11.7 Å². The second kappa shape index (κ2) is 4.44. The Hall–Kier alpha value is -1.70. The summed E-state index contributed by atoms with van der Waals surface area (Å²) in [5.74, 6) is -0.709. The summed E-state index contributed by atoms with van der Waals surface area (Å²) in [6, 6.07) is 5.59. The van der Waals surface area contributed by atoms with Crippen LogP contribution >= 0.6 is 0 Å². The number of nitrogens with zero attached hydrogens (tertiary/aromatic N) is 1. The number of ether oxygens (including phenoxy) is 1. The lowest BCUT2D eigenvalue weighted by Crippen LogP contribution is -2.18. The van der Waals surface area contributed by atoms with Crippen LogP contribution < -0.4 is 4.74 Å². The van der Waals surface area contributed by atoms with E-state index in [-0.39, 0.29) is 16.9 Å². The smallest absolute Gasteiger partial charge is 0.405 e. The number of alkyl halides is 3. The molecular weight excluding hydrogens is 219 g/mol. The fourth-order valence-corrected chi connectivity index (χ4v) is 1.22. The number of halogens is 3. The Balaban J connectivity index is 3.14. The van der Waals surface area contributed by atoms with Gasteiger partial charge in [0.15, 0.2) is 0 Å². The monoisotopic (exact) mass is 228 g/mol. The molecule has 1 unspecified atom stereocenters. The molecule has 1 radical (unpaired) electrons. The Bertz CT molecular complexity index is 418. The van der Waals surface area contributed by atoms with Crippen molar-refractivity contribution < 1.29 is 17.9 Å². The third-order valence-electron chi connectivity index (χ3n) is 1.90. The predicted molar refractivity (Wildman–Crippen MR) is 51.6 cm³/mol. The van der Waals surface area contributed by atoms with E-state index in [1.165, 1.54) is 12.1 Å². The van der Waals surface area contributed by atoms with Gasteiger partial charge < -0.3 is 4.74 Å². The molecule has 0 saturated carbocycles. The van der Waals surface area contributed by atoms with E-state index in [9.17, 15) is 13.2 Å². The summed E-state index contributed by atoms with van der Waals surface area (Å²) >= 11 is 0.